The molecule has 0 atom stereocenters. The van der Waals surface area contributed by atoms with Crippen LogP contribution >= 0.6 is 0 Å². The van der Waals surface area contributed by atoms with Gasteiger partial charge >= 0.3 is 5.97 Å². The molecule has 0 bridgehead atoms. The van der Waals surface area contributed by atoms with E-state index in [1.807, 2.05) is 45.0 Å². The Morgan fingerprint density at radius 3 is 2.32 bits per heavy atom. The topological polar surface area (TPSA) is 44.8 Å². The Bertz CT molecular complexity index is 390. The fourth-order valence-corrected chi connectivity index (χ4v) is 1.46. The van der Waals surface area contributed by atoms with Crippen LogP contribution in [0.1, 0.15) is 32.8 Å². The van der Waals surface area contributed by atoms with Crippen molar-refractivity contribution in [3.05, 3.63) is 29.8 Å². The summed E-state index contributed by atoms with van der Waals surface area (Å²) in [4.78, 5) is 11.4. The second-order valence-electron chi connectivity index (χ2n) is 5.24. The number of methoxy groups -OCH3 is 1. The van der Waals surface area contributed by atoms with Gasteiger partial charge in [0.1, 0.15) is 11.4 Å². The molecule has 1 aromatic carbocycles. The fourth-order valence-electron chi connectivity index (χ4n) is 1.46. The Labute approximate surface area is 114 Å². The maximum atomic E-state index is 11.4. The third-order valence-electron chi connectivity index (χ3n) is 2.30. The maximum absolute atomic E-state index is 11.4. The number of esters is 1. The zero-order valence-electron chi connectivity index (χ0n) is 12.1. The van der Waals surface area contributed by atoms with Gasteiger partial charge in [0.15, 0.2) is 0 Å². The minimum Gasteiger partial charge on any atom is -0.497 e. The van der Waals surface area contributed by atoms with E-state index in [0.717, 1.165) is 11.3 Å². The van der Waals surface area contributed by atoms with E-state index in [1.54, 1.807) is 7.11 Å². The first-order valence-corrected chi connectivity index (χ1v) is 6.33. The predicted molar refractivity (Wildman–Crippen MR) is 73.1 cm³/mol. The van der Waals surface area contributed by atoms with Gasteiger partial charge in [-0.05, 0) is 38.5 Å². The highest BCUT2D eigenvalue weighted by Gasteiger charge is 2.15. The third-order valence-corrected chi connectivity index (χ3v) is 2.30. The molecule has 0 aromatic heterocycles. The number of carbonyl (C=O) groups is 1. The average molecular weight is 266 g/mol. The average Bonchev–Trinajstić information content (AvgIpc) is 2.33. The lowest BCUT2D eigenvalue weighted by atomic mass is 10.2. The lowest BCUT2D eigenvalue weighted by molar-refractivity contribution is -0.156. The highest BCUT2D eigenvalue weighted by Crippen LogP contribution is 2.12. The van der Waals surface area contributed by atoms with Gasteiger partial charge in [-0.1, -0.05) is 12.1 Å². The summed E-state index contributed by atoms with van der Waals surface area (Å²) in [5.74, 6) is 0.583. The van der Waals surface area contributed by atoms with Crippen LogP contribution in [0.25, 0.3) is 0 Å². The van der Waals surface area contributed by atoms with Crippen molar-refractivity contribution in [1.82, 2.24) is 0 Å². The highest BCUT2D eigenvalue weighted by molar-refractivity contribution is 5.69. The molecular formula is C15H22O4. The summed E-state index contributed by atoms with van der Waals surface area (Å²) in [6.07, 6.45) is 0.271. The van der Waals surface area contributed by atoms with E-state index in [9.17, 15) is 4.79 Å². The van der Waals surface area contributed by atoms with Crippen molar-refractivity contribution in [2.75, 3.05) is 13.7 Å². The summed E-state index contributed by atoms with van der Waals surface area (Å²) in [6.45, 7) is 6.39. The van der Waals surface area contributed by atoms with E-state index in [0.29, 0.717) is 13.2 Å². The molecule has 0 heterocycles. The van der Waals surface area contributed by atoms with E-state index in [4.69, 9.17) is 14.2 Å². The van der Waals surface area contributed by atoms with Gasteiger partial charge in [-0.25, -0.2) is 0 Å². The Balaban J connectivity index is 2.21. The molecule has 106 valence electrons. The van der Waals surface area contributed by atoms with Crippen LogP contribution < -0.4 is 4.74 Å². The summed E-state index contributed by atoms with van der Waals surface area (Å²) in [5.41, 5.74) is 0.609. The largest absolute Gasteiger partial charge is 0.497 e. The second kappa shape index (κ2) is 7.14. The number of benzene rings is 1. The Kier molecular flexibility index (Phi) is 5.83. The van der Waals surface area contributed by atoms with Gasteiger partial charge in [0.25, 0.3) is 0 Å². The smallest absolute Gasteiger partial charge is 0.308 e. The van der Waals surface area contributed by atoms with Crippen molar-refractivity contribution in [3.63, 3.8) is 0 Å². The molecule has 0 unspecified atom stereocenters. The van der Waals surface area contributed by atoms with Crippen molar-refractivity contribution < 1.29 is 19.0 Å². The van der Waals surface area contributed by atoms with Crippen LogP contribution in [0, 0.1) is 0 Å². The van der Waals surface area contributed by atoms with E-state index in [1.165, 1.54) is 0 Å². The normalized spacial score (nSPS) is 11.2. The van der Waals surface area contributed by atoms with Crippen molar-refractivity contribution in [2.45, 2.75) is 39.4 Å². The Morgan fingerprint density at radius 1 is 1.16 bits per heavy atom. The van der Waals surface area contributed by atoms with Crippen LogP contribution in [0.5, 0.6) is 5.75 Å². The molecule has 0 aliphatic carbocycles. The molecule has 1 aromatic rings. The lowest BCUT2D eigenvalue weighted by Gasteiger charge is -2.19. The van der Waals surface area contributed by atoms with Crippen molar-refractivity contribution in [2.24, 2.45) is 0 Å². The van der Waals surface area contributed by atoms with Crippen molar-refractivity contribution >= 4 is 5.97 Å². The molecular weight excluding hydrogens is 244 g/mol. The molecule has 0 N–H and O–H groups in total. The molecule has 1 rings (SSSR count). The van der Waals surface area contributed by atoms with Gasteiger partial charge in [0.2, 0.25) is 0 Å². The summed E-state index contributed by atoms with van der Waals surface area (Å²) in [6, 6.07) is 7.64. The zero-order chi connectivity index (χ0) is 14.3. The SMILES string of the molecule is COc1ccc(COCCC(=O)OC(C)(C)C)cc1. The first-order valence-electron chi connectivity index (χ1n) is 6.33. The van der Waals surface area contributed by atoms with Crippen molar-refractivity contribution in [3.8, 4) is 5.75 Å². The predicted octanol–water partition coefficient (Wildman–Crippen LogP) is 2.94. The van der Waals surface area contributed by atoms with E-state index in [-0.39, 0.29) is 12.4 Å². The Morgan fingerprint density at radius 2 is 1.79 bits per heavy atom. The summed E-state index contributed by atoms with van der Waals surface area (Å²) in [5, 5.41) is 0. The van der Waals surface area contributed by atoms with Gasteiger partial charge in [0, 0.05) is 0 Å². The molecule has 0 spiro atoms. The maximum Gasteiger partial charge on any atom is 0.308 e. The molecule has 0 saturated carbocycles. The molecule has 0 radical (unpaired) electrons. The molecule has 0 fully saturated rings. The molecule has 0 saturated heterocycles. The number of hydrogen-bond donors (Lipinski definition) is 0. The van der Waals surface area contributed by atoms with Gasteiger partial charge < -0.3 is 14.2 Å². The minimum absolute atomic E-state index is 0.234. The summed E-state index contributed by atoms with van der Waals surface area (Å²) < 4.78 is 15.7. The van der Waals surface area contributed by atoms with Gasteiger partial charge in [-0.3, -0.25) is 4.79 Å². The lowest BCUT2D eigenvalue weighted by Crippen LogP contribution is -2.24. The molecule has 4 nitrogen and oxygen atoms in total. The van der Waals surface area contributed by atoms with Crippen LogP contribution in [0.4, 0.5) is 0 Å². The highest BCUT2D eigenvalue weighted by atomic mass is 16.6. The fraction of sp³-hybridized carbons (Fsp3) is 0.533. The number of rotatable bonds is 6. The number of ether oxygens (including phenoxy) is 3. The molecule has 0 aliphatic heterocycles. The van der Waals surface area contributed by atoms with Crippen LogP contribution in [0.3, 0.4) is 0 Å². The summed E-state index contributed by atoms with van der Waals surface area (Å²) >= 11 is 0. The first-order chi connectivity index (χ1) is 8.90. The van der Waals surface area contributed by atoms with Gasteiger partial charge in [-0.2, -0.15) is 0 Å². The molecule has 4 heteroatoms. The molecule has 0 aliphatic rings. The Hall–Kier alpha value is -1.55. The quantitative estimate of drug-likeness (QED) is 0.586. The van der Waals surface area contributed by atoms with E-state index >= 15 is 0 Å². The van der Waals surface area contributed by atoms with Crippen LogP contribution in [-0.4, -0.2) is 25.3 Å². The molecule has 0 amide bonds. The van der Waals surface area contributed by atoms with Crippen LogP contribution in [0.15, 0.2) is 24.3 Å². The standard InChI is InChI=1S/C15H22O4/c1-15(2,3)19-14(16)9-10-18-11-12-5-7-13(17-4)8-6-12/h5-8H,9-11H2,1-4H3. The van der Waals surface area contributed by atoms with Crippen LogP contribution in [0.2, 0.25) is 0 Å². The third kappa shape index (κ3) is 6.82. The zero-order valence-corrected chi connectivity index (χ0v) is 12.1. The number of carbonyl (C=O) groups excluding carboxylic acids is 1. The second-order valence-corrected chi connectivity index (χ2v) is 5.24. The van der Waals surface area contributed by atoms with Crippen molar-refractivity contribution in [1.29, 1.82) is 0 Å². The van der Waals surface area contributed by atoms with E-state index in [2.05, 4.69) is 0 Å². The van der Waals surface area contributed by atoms with E-state index < -0.39 is 5.60 Å². The van der Waals surface area contributed by atoms with Crippen LogP contribution in [-0.2, 0) is 20.9 Å². The minimum atomic E-state index is -0.437. The first kappa shape index (κ1) is 15.5. The molecule has 19 heavy (non-hydrogen) atoms. The van der Waals surface area contributed by atoms with Gasteiger partial charge in [0.05, 0.1) is 26.7 Å². The van der Waals surface area contributed by atoms with Gasteiger partial charge in [-0.15, -0.1) is 0 Å². The monoisotopic (exact) mass is 266 g/mol. The number of hydrogen-bond acceptors (Lipinski definition) is 4. The summed E-state index contributed by atoms with van der Waals surface area (Å²) in [7, 11) is 1.63.